The molecule has 0 saturated heterocycles. The molecule has 30 heavy (non-hydrogen) atoms. The van der Waals surface area contributed by atoms with E-state index in [-0.39, 0.29) is 43.3 Å². The molecule has 1 aliphatic rings. The minimum Gasteiger partial charge on any atom is -0.325 e. The van der Waals surface area contributed by atoms with Gasteiger partial charge in [0.1, 0.15) is 0 Å². The first-order valence-corrected chi connectivity index (χ1v) is 10.0. The van der Waals surface area contributed by atoms with E-state index < -0.39 is 0 Å². The molecule has 1 atom stereocenters. The lowest BCUT2D eigenvalue weighted by atomic mass is 10.1. The highest BCUT2D eigenvalue weighted by molar-refractivity contribution is 6.05. The number of nitrogens with zero attached hydrogens (tertiary/aromatic N) is 2. The molecule has 2 aromatic rings. The van der Waals surface area contributed by atoms with Crippen molar-refractivity contribution in [3.05, 3.63) is 53.6 Å². The minimum atomic E-state index is -0.279. The molecule has 0 radical (unpaired) electrons. The second-order valence-corrected chi connectivity index (χ2v) is 7.85. The minimum absolute atomic E-state index is 0.0626. The maximum Gasteiger partial charge on any atom is 0.241 e. The van der Waals surface area contributed by atoms with E-state index in [0.29, 0.717) is 11.4 Å². The van der Waals surface area contributed by atoms with E-state index in [2.05, 4.69) is 10.6 Å². The van der Waals surface area contributed by atoms with Gasteiger partial charge >= 0.3 is 0 Å². The lowest BCUT2D eigenvalue weighted by Crippen LogP contribution is -2.45. The monoisotopic (exact) mass is 408 g/mol. The van der Waals surface area contributed by atoms with Crippen LogP contribution in [0.3, 0.4) is 0 Å². The van der Waals surface area contributed by atoms with Crippen molar-refractivity contribution in [2.75, 3.05) is 35.7 Å². The average molecular weight is 409 g/mol. The number of benzene rings is 2. The SMILES string of the molecule is Cc1cccc(NC(=O)CN(C)CC(=O)N2c3ccccc3NC(=O)C[C@H]2C)c1C. The van der Waals surface area contributed by atoms with Crippen LogP contribution in [0, 0.1) is 13.8 Å². The van der Waals surface area contributed by atoms with Crippen molar-refractivity contribution in [2.45, 2.75) is 33.2 Å². The third kappa shape index (κ3) is 4.86. The van der Waals surface area contributed by atoms with Crippen LogP contribution in [-0.4, -0.2) is 48.8 Å². The van der Waals surface area contributed by atoms with Gasteiger partial charge in [-0.1, -0.05) is 24.3 Å². The van der Waals surface area contributed by atoms with Gasteiger partial charge in [-0.05, 0) is 57.1 Å². The van der Waals surface area contributed by atoms with Crippen LogP contribution in [-0.2, 0) is 14.4 Å². The number of carbonyl (C=O) groups is 3. The lowest BCUT2D eigenvalue weighted by Gasteiger charge is -2.29. The Morgan fingerprint density at radius 3 is 2.63 bits per heavy atom. The first kappa shape index (κ1) is 21.5. The maximum absolute atomic E-state index is 13.1. The van der Waals surface area contributed by atoms with Gasteiger partial charge < -0.3 is 15.5 Å². The standard InChI is InChI=1S/C23H28N4O3/c1-15-8-7-10-18(17(15)3)24-22(29)13-26(4)14-23(30)27-16(2)12-21(28)25-19-9-5-6-11-20(19)27/h5-11,16H,12-14H2,1-4H3,(H,24,29)(H,25,28)/t16-/m1/s1. The summed E-state index contributed by atoms with van der Waals surface area (Å²) in [6.07, 6.45) is 0.219. The second kappa shape index (κ2) is 9.09. The average Bonchev–Trinajstić information content (AvgIpc) is 2.79. The van der Waals surface area contributed by atoms with Crippen LogP contribution >= 0.6 is 0 Å². The molecule has 0 saturated carbocycles. The third-order valence-electron chi connectivity index (χ3n) is 5.33. The summed E-state index contributed by atoms with van der Waals surface area (Å²) in [6.45, 7) is 5.96. The molecular formula is C23H28N4O3. The quantitative estimate of drug-likeness (QED) is 0.797. The fraction of sp³-hybridized carbons (Fsp3) is 0.348. The van der Waals surface area contributed by atoms with Gasteiger partial charge in [0.15, 0.2) is 0 Å². The summed E-state index contributed by atoms with van der Waals surface area (Å²) < 4.78 is 0. The molecule has 0 aromatic heterocycles. The van der Waals surface area contributed by atoms with Crippen LogP contribution in [0.5, 0.6) is 0 Å². The Morgan fingerprint density at radius 2 is 1.87 bits per heavy atom. The summed E-state index contributed by atoms with van der Waals surface area (Å²) in [5.41, 5.74) is 4.20. The zero-order valence-electron chi connectivity index (χ0n) is 17.9. The van der Waals surface area contributed by atoms with Crippen molar-refractivity contribution in [1.82, 2.24) is 4.90 Å². The Hall–Kier alpha value is -3.19. The Kier molecular flexibility index (Phi) is 6.52. The fourth-order valence-corrected chi connectivity index (χ4v) is 3.65. The van der Waals surface area contributed by atoms with Gasteiger partial charge in [-0.2, -0.15) is 0 Å². The molecule has 0 bridgehead atoms. The van der Waals surface area contributed by atoms with E-state index in [0.717, 1.165) is 16.8 Å². The number of rotatable bonds is 5. The van der Waals surface area contributed by atoms with Crippen LogP contribution in [0.2, 0.25) is 0 Å². The first-order chi connectivity index (χ1) is 14.3. The number of nitrogens with one attached hydrogen (secondary N) is 2. The zero-order chi connectivity index (χ0) is 21.8. The predicted octanol–water partition coefficient (Wildman–Crippen LogP) is 2.94. The van der Waals surface area contributed by atoms with Crippen molar-refractivity contribution in [3.63, 3.8) is 0 Å². The van der Waals surface area contributed by atoms with Gasteiger partial charge in [-0.25, -0.2) is 0 Å². The van der Waals surface area contributed by atoms with Crippen LogP contribution in [0.25, 0.3) is 0 Å². The van der Waals surface area contributed by atoms with E-state index >= 15 is 0 Å². The van der Waals surface area contributed by atoms with Crippen molar-refractivity contribution < 1.29 is 14.4 Å². The van der Waals surface area contributed by atoms with Crippen LogP contribution in [0.15, 0.2) is 42.5 Å². The molecule has 2 N–H and O–H groups in total. The van der Waals surface area contributed by atoms with E-state index in [1.165, 1.54) is 0 Å². The number of hydrogen-bond acceptors (Lipinski definition) is 4. The summed E-state index contributed by atoms with van der Waals surface area (Å²) >= 11 is 0. The Balaban J connectivity index is 1.67. The number of carbonyl (C=O) groups excluding carboxylic acids is 3. The van der Waals surface area contributed by atoms with Crippen molar-refractivity contribution in [1.29, 1.82) is 0 Å². The van der Waals surface area contributed by atoms with Gasteiger partial charge in [0, 0.05) is 18.2 Å². The maximum atomic E-state index is 13.1. The predicted molar refractivity (Wildman–Crippen MR) is 119 cm³/mol. The van der Waals surface area contributed by atoms with E-state index in [9.17, 15) is 14.4 Å². The highest BCUT2D eigenvalue weighted by atomic mass is 16.2. The summed E-state index contributed by atoms with van der Waals surface area (Å²) in [4.78, 5) is 41.0. The van der Waals surface area contributed by atoms with Crippen molar-refractivity contribution in [3.8, 4) is 0 Å². The first-order valence-electron chi connectivity index (χ1n) is 10.0. The normalized spacial score (nSPS) is 16.0. The van der Waals surface area contributed by atoms with E-state index in [1.54, 1.807) is 22.9 Å². The smallest absolute Gasteiger partial charge is 0.241 e. The molecule has 7 nitrogen and oxygen atoms in total. The number of likely N-dealkylation sites (N-methyl/N-ethyl adjacent to an activating group) is 1. The van der Waals surface area contributed by atoms with Gasteiger partial charge in [-0.15, -0.1) is 0 Å². The number of hydrogen-bond donors (Lipinski definition) is 2. The van der Waals surface area contributed by atoms with Crippen LogP contribution in [0.1, 0.15) is 24.5 Å². The van der Waals surface area contributed by atoms with Crippen molar-refractivity contribution >= 4 is 34.8 Å². The highest BCUT2D eigenvalue weighted by Gasteiger charge is 2.30. The van der Waals surface area contributed by atoms with Crippen LogP contribution < -0.4 is 15.5 Å². The Morgan fingerprint density at radius 1 is 1.13 bits per heavy atom. The molecule has 7 heteroatoms. The van der Waals surface area contributed by atoms with Crippen molar-refractivity contribution in [2.24, 2.45) is 0 Å². The second-order valence-electron chi connectivity index (χ2n) is 7.85. The van der Waals surface area contributed by atoms with E-state index in [4.69, 9.17) is 0 Å². The van der Waals surface area contributed by atoms with Gasteiger partial charge in [-0.3, -0.25) is 19.3 Å². The van der Waals surface area contributed by atoms with Gasteiger partial charge in [0.05, 0.1) is 24.5 Å². The number of para-hydroxylation sites is 2. The number of aryl methyl sites for hydroxylation is 1. The summed E-state index contributed by atoms with van der Waals surface area (Å²) in [5, 5.41) is 5.76. The summed E-state index contributed by atoms with van der Waals surface area (Å²) in [7, 11) is 1.73. The highest BCUT2D eigenvalue weighted by Crippen LogP contribution is 2.31. The lowest BCUT2D eigenvalue weighted by molar-refractivity contribution is -0.121. The molecule has 1 aliphatic heterocycles. The molecule has 0 aliphatic carbocycles. The molecule has 1 heterocycles. The largest absolute Gasteiger partial charge is 0.325 e. The molecule has 2 aromatic carbocycles. The third-order valence-corrected chi connectivity index (χ3v) is 5.33. The Bertz CT molecular complexity index is 973. The molecule has 0 unspecified atom stereocenters. The Labute approximate surface area is 177 Å². The molecule has 158 valence electrons. The zero-order valence-corrected chi connectivity index (χ0v) is 17.9. The topological polar surface area (TPSA) is 81.8 Å². The molecule has 0 fully saturated rings. The van der Waals surface area contributed by atoms with Gasteiger partial charge in [0.25, 0.3) is 0 Å². The van der Waals surface area contributed by atoms with E-state index in [1.807, 2.05) is 57.2 Å². The number of amides is 3. The summed E-state index contributed by atoms with van der Waals surface area (Å²) in [6, 6.07) is 12.7. The van der Waals surface area contributed by atoms with Gasteiger partial charge in [0.2, 0.25) is 17.7 Å². The van der Waals surface area contributed by atoms with Crippen LogP contribution in [0.4, 0.5) is 17.1 Å². The summed E-state index contributed by atoms with van der Waals surface area (Å²) in [5.74, 6) is -0.458. The molecule has 0 spiro atoms. The number of fused-ring (bicyclic) bond motifs is 1. The molecular weight excluding hydrogens is 380 g/mol. The number of anilines is 3. The molecule has 3 amide bonds. The molecule has 3 rings (SSSR count). The fourth-order valence-electron chi connectivity index (χ4n) is 3.65.